The van der Waals surface area contributed by atoms with Gasteiger partial charge in [0.2, 0.25) is 5.12 Å². The van der Waals surface area contributed by atoms with Gasteiger partial charge >= 0.3 is 0 Å². The van der Waals surface area contributed by atoms with Crippen LogP contribution in [0.15, 0.2) is 30.3 Å². The number of aryl methyl sites for hydroxylation is 1. The Morgan fingerprint density at radius 3 is 2.70 bits per heavy atom. The summed E-state index contributed by atoms with van der Waals surface area (Å²) in [6.45, 7) is 6.18. The molecule has 4 rings (SSSR count). The van der Waals surface area contributed by atoms with E-state index in [2.05, 4.69) is 26.1 Å². The Balaban J connectivity index is 1.50. The van der Waals surface area contributed by atoms with Gasteiger partial charge in [-0.15, -0.1) is 0 Å². The lowest BCUT2D eigenvalue weighted by Gasteiger charge is -2.35. The Kier molecular flexibility index (Phi) is 8.28. The van der Waals surface area contributed by atoms with Crippen LogP contribution in [0.5, 0.6) is 0 Å². The summed E-state index contributed by atoms with van der Waals surface area (Å²) in [6, 6.07) is 7.96. The van der Waals surface area contributed by atoms with Crippen molar-refractivity contribution in [1.29, 1.82) is 0 Å². The molecule has 176 valence electrons. The number of thioether (sulfide) groups is 1. The van der Waals surface area contributed by atoms with E-state index >= 15 is 0 Å². The third-order valence-electron chi connectivity index (χ3n) is 6.34. The molecule has 3 heterocycles. The minimum Gasteiger partial charge on any atom is -0.369 e. The summed E-state index contributed by atoms with van der Waals surface area (Å²) in [4.78, 5) is 30.7. The minimum absolute atomic E-state index is 0.0521. The van der Waals surface area contributed by atoms with Crippen molar-refractivity contribution in [3.05, 3.63) is 52.3 Å². The normalized spacial score (nSPS) is 20.4. The number of allylic oxidation sites excluding steroid dienone is 1. The summed E-state index contributed by atoms with van der Waals surface area (Å²) in [5.74, 6) is 0.908. The van der Waals surface area contributed by atoms with Crippen molar-refractivity contribution in [2.24, 2.45) is 0 Å². The molecule has 1 saturated heterocycles. The molecular formula is C25H31ClN4O2S. The highest BCUT2D eigenvalue weighted by atomic mass is 35.5. The van der Waals surface area contributed by atoms with Gasteiger partial charge in [0.05, 0.1) is 0 Å². The van der Waals surface area contributed by atoms with E-state index in [9.17, 15) is 9.59 Å². The number of H-pyrrole nitrogens is 1. The molecule has 2 aliphatic heterocycles. The molecule has 2 aromatic rings. The van der Waals surface area contributed by atoms with Gasteiger partial charge in [0.25, 0.3) is 0 Å². The highest BCUT2D eigenvalue weighted by molar-refractivity contribution is 8.14. The molecule has 1 fully saturated rings. The van der Waals surface area contributed by atoms with E-state index in [0.29, 0.717) is 29.8 Å². The maximum absolute atomic E-state index is 13.2. The zero-order valence-electron chi connectivity index (χ0n) is 19.1. The molecule has 1 aromatic carbocycles. The van der Waals surface area contributed by atoms with Gasteiger partial charge in [-0.05, 0) is 38.0 Å². The fraction of sp³-hybridized carbons (Fsp3) is 0.480. The van der Waals surface area contributed by atoms with Gasteiger partial charge in [-0.25, -0.2) is 0 Å². The van der Waals surface area contributed by atoms with Gasteiger partial charge in [0.15, 0.2) is 5.78 Å². The molecule has 0 atom stereocenters. The van der Waals surface area contributed by atoms with E-state index in [0.717, 1.165) is 74.0 Å². The summed E-state index contributed by atoms with van der Waals surface area (Å²) in [7, 11) is 0. The van der Waals surface area contributed by atoms with E-state index in [1.54, 1.807) is 0 Å². The first kappa shape index (κ1) is 24.0. The first-order valence-electron chi connectivity index (χ1n) is 11.7. The highest BCUT2D eigenvalue weighted by Crippen LogP contribution is 2.29. The molecule has 8 heteroatoms. The molecule has 0 aliphatic carbocycles. The number of rotatable bonds is 3. The lowest BCUT2D eigenvalue weighted by molar-refractivity contribution is -0.113. The highest BCUT2D eigenvalue weighted by Gasteiger charge is 2.25. The summed E-state index contributed by atoms with van der Waals surface area (Å²) in [6.07, 6.45) is 6.49. The number of carbonyl (C=O) groups is 2. The number of aromatic amines is 1. The average Bonchev–Trinajstić information content (AvgIpc) is 3.19. The maximum atomic E-state index is 13.2. The smallest absolute Gasteiger partial charge is 0.240 e. The maximum Gasteiger partial charge on any atom is 0.240 e. The molecule has 0 amide bonds. The quantitative estimate of drug-likeness (QED) is 0.617. The van der Waals surface area contributed by atoms with Gasteiger partial charge in [-0.2, -0.15) is 5.10 Å². The molecule has 0 saturated carbocycles. The van der Waals surface area contributed by atoms with Gasteiger partial charge in [-0.1, -0.05) is 48.3 Å². The number of Topliss-reactive ketones (excluding diaryl/α,β-unsaturated/α-hetero) is 1. The van der Waals surface area contributed by atoms with Crippen molar-refractivity contribution in [3.8, 4) is 0 Å². The standard InChI is InChI=1S/C25H31ClN4O2S/c1-18-23-21(22(31)9-4-2-3-5-16-33-25(32)24(23)28-27-18)10-11-29-12-14-30(15-13-29)20-8-6-7-19(26)17-20/h6-8,10,17H,2-5,9,11-16H2,1H3,(H,27,28). The number of aromatic nitrogens is 2. The Hall–Kier alpha value is -2.09. The van der Waals surface area contributed by atoms with E-state index < -0.39 is 0 Å². The van der Waals surface area contributed by atoms with Crippen LogP contribution in [-0.4, -0.2) is 64.5 Å². The van der Waals surface area contributed by atoms with Crippen LogP contribution in [0.1, 0.15) is 53.8 Å². The van der Waals surface area contributed by atoms with Crippen LogP contribution in [0, 0.1) is 6.92 Å². The lowest BCUT2D eigenvalue weighted by Crippen LogP contribution is -2.46. The van der Waals surface area contributed by atoms with E-state index in [4.69, 9.17) is 11.6 Å². The van der Waals surface area contributed by atoms with Crippen molar-refractivity contribution in [2.45, 2.75) is 39.0 Å². The van der Waals surface area contributed by atoms with Crippen LogP contribution in [0.3, 0.4) is 0 Å². The van der Waals surface area contributed by atoms with Crippen molar-refractivity contribution < 1.29 is 9.59 Å². The van der Waals surface area contributed by atoms with Gasteiger partial charge < -0.3 is 4.90 Å². The number of anilines is 1. The van der Waals surface area contributed by atoms with Crippen molar-refractivity contribution in [3.63, 3.8) is 0 Å². The Morgan fingerprint density at radius 2 is 1.91 bits per heavy atom. The second-order valence-electron chi connectivity index (χ2n) is 8.68. The van der Waals surface area contributed by atoms with Crippen LogP contribution in [0.4, 0.5) is 5.69 Å². The number of carbonyl (C=O) groups excluding carboxylic acids is 2. The minimum atomic E-state index is -0.0521. The number of nitrogens with one attached hydrogen (secondary N) is 1. The van der Waals surface area contributed by atoms with Crippen molar-refractivity contribution >= 4 is 45.5 Å². The van der Waals surface area contributed by atoms with Crippen LogP contribution < -0.4 is 4.90 Å². The van der Waals surface area contributed by atoms with Crippen LogP contribution >= 0.6 is 23.4 Å². The number of halogens is 1. The van der Waals surface area contributed by atoms with Gasteiger partial charge in [-0.3, -0.25) is 19.6 Å². The van der Waals surface area contributed by atoms with E-state index in [1.807, 2.05) is 31.2 Å². The first-order chi connectivity index (χ1) is 16.0. The second-order valence-corrected chi connectivity index (χ2v) is 10.2. The Bertz CT molecular complexity index is 1030. The fourth-order valence-corrected chi connectivity index (χ4v) is 5.46. The van der Waals surface area contributed by atoms with Crippen LogP contribution in [0.2, 0.25) is 5.02 Å². The summed E-state index contributed by atoms with van der Waals surface area (Å²) in [5, 5.41) is 7.92. The van der Waals surface area contributed by atoms with Crippen molar-refractivity contribution in [1.82, 2.24) is 15.1 Å². The molecule has 0 bridgehead atoms. The van der Waals surface area contributed by atoms with Crippen molar-refractivity contribution in [2.75, 3.05) is 43.4 Å². The van der Waals surface area contributed by atoms with E-state index in [-0.39, 0.29) is 10.9 Å². The molecular weight excluding hydrogens is 456 g/mol. The number of fused-ring (bicyclic) bond motifs is 1. The number of hydrogen-bond donors (Lipinski definition) is 1. The number of nitrogens with zero attached hydrogens (tertiary/aromatic N) is 3. The molecule has 2 aliphatic rings. The molecule has 0 radical (unpaired) electrons. The Morgan fingerprint density at radius 1 is 1.12 bits per heavy atom. The number of benzene rings is 1. The number of ketones is 1. The second kappa shape index (κ2) is 11.4. The Labute approximate surface area is 204 Å². The molecule has 0 spiro atoms. The monoisotopic (exact) mass is 486 g/mol. The summed E-state index contributed by atoms with van der Waals surface area (Å²) < 4.78 is 0. The lowest BCUT2D eigenvalue weighted by atomic mass is 9.95. The molecule has 0 unspecified atom stereocenters. The predicted octanol–water partition coefficient (Wildman–Crippen LogP) is 4.98. The zero-order valence-corrected chi connectivity index (χ0v) is 20.7. The molecule has 33 heavy (non-hydrogen) atoms. The van der Waals surface area contributed by atoms with Gasteiger partial charge in [0, 0.05) is 72.4 Å². The zero-order chi connectivity index (χ0) is 23.2. The molecule has 1 N–H and O–H groups in total. The summed E-state index contributed by atoms with van der Waals surface area (Å²) >= 11 is 7.46. The van der Waals surface area contributed by atoms with Crippen LogP contribution in [-0.2, 0) is 4.79 Å². The molecule has 1 aromatic heterocycles. The fourth-order valence-electron chi connectivity index (χ4n) is 4.45. The van der Waals surface area contributed by atoms with E-state index in [1.165, 1.54) is 11.8 Å². The first-order valence-corrected chi connectivity index (χ1v) is 13.1. The van der Waals surface area contributed by atoms with Gasteiger partial charge in [0.1, 0.15) is 5.69 Å². The topological polar surface area (TPSA) is 69.3 Å². The third kappa shape index (κ3) is 6.08. The SMILES string of the molecule is Cc1[nH]nc2c1C(=CCN1CCN(c3cccc(Cl)c3)CC1)C(=O)CCCCCCSC2=O. The summed E-state index contributed by atoms with van der Waals surface area (Å²) in [5.41, 5.74) is 3.65. The number of hydrogen-bond acceptors (Lipinski definition) is 6. The predicted molar refractivity (Wildman–Crippen MR) is 136 cm³/mol. The third-order valence-corrected chi connectivity index (χ3v) is 7.52. The number of piperazine rings is 1. The molecule has 6 nitrogen and oxygen atoms in total. The van der Waals surface area contributed by atoms with Crippen LogP contribution in [0.25, 0.3) is 5.57 Å². The largest absolute Gasteiger partial charge is 0.369 e. The average molecular weight is 487 g/mol.